The van der Waals surface area contributed by atoms with Crippen LogP contribution in [0.15, 0.2) is 48.5 Å². The van der Waals surface area contributed by atoms with Crippen LogP contribution in [-0.4, -0.2) is 65.3 Å². The van der Waals surface area contributed by atoms with E-state index in [0.29, 0.717) is 19.3 Å². The Hall–Kier alpha value is -3.23. The van der Waals surface area contributed by atoms with Crippen LogP contribution in [0.2, 0.25) is 5.02 Å². The van der Waals surface area contributed by atoms with Crippen LogP contribution in [0.5, 0.6) is 6.01 Å². The lowest BCUT2D eigenvalue weighted by atomic mass is 10.1. The zero-order chi connectivity index (χ0) is 28.0. The second-order valence-corrected chi connectivity index (χ2v) is 11.3. The lowest BCUT2D eigenvalue weighted by Gasteiger charge is -2.31. The first-order chi connectivity index (χ1) is 18.5. The maximum atomic E-state index is 13.5. The highest BCUT2D eigenvalue weighted by Gasteiger charge is 2.30. The molecule has 2 N–H and O–H groups in total. The Labute approximate surface area is 227 Å². The van der Waals surface area contributed by atoms with Gasteiger partial charge in [0, 0.05) is 24.8 Å². The summed E-state index contributed by atoms with van der Waals surface area (Å²) in [7, 11) is -3.46. The van der Waals surface area contributed by atoms with Gasteiger partial charge in [0.1, 0.15) is 5.82 Å². The number of benzene rings is 2. The number of anilines is 3. The molecular formula is C24H25ClF4N6O3S. The van der Waals surface area contributed by atoms with Gasteiger partial charge in [-0.05, 0) is 43.0 Å². The number of hydrogen-bond acceptors (Lipinski definition) is 8. The van der Waals surface area contributed by atoms with Gasteiger partial charge < -0.3 is 15.4 Å². The van der Waals surface area contributed by atoms with E-state index in [1.807, 2.05) is 30.3 Å². The number of halogens is 5. The number of aromatic nitrogens is 3. The van der Waals surface area contributed by atoms with Crippen LogP contribution in [0.25, 0.3) is 0 Å². The highest BCUT2D eigenvalue weighted by molar-refractivity contribution is 7.89. The fourth-order valence-corrected chi connectivity index (χ4v) is 5.57. The summed E-state index contributed by atoms with van der Waals surface area (Å²) in [6.45, 7) is -1.09. The second kappa shape index (κ2) is 12.3. The number of nitrogens with zero attached hydrogens (tertiary/aromatic N) is 4. The lowest BCUT2D eigenvalue weighted by Crippen LogP contribution is -2.43. The molecule has 1 saturated heterocycles. The first kappa shape index (κ1) is 28.8. The van der Waals surface area contributed by atoms with Crippen molar-refractivity contribution in [2.75, 3.05) is 36.1 Å². The minimum Gasteiger partial charge on any atom is -0.454 e. The average Bonchev–Trinajstić information content (AvgIpc) is 2.89. The van der Waals surface area contributed by atoms with E-state index in [0.717, 1.165) is 11.6 Å². The normalized spacial score (nSPS) is 15.2. The van der Waals surface area contributed by atoms with E-state index in [-0.39, 0.29) is 47.5 Å². The van der Waals surface area contributed by atoms with E-state index in [1.54, 1.807) is 0 Å². The SMILES string of the molecule is O=S(=O)(CCc1ccccc1)N1CCC(Nc2nc(Nc3ccc(F)c(Cl)c3)nc(OCC(F)(F)F)n2)CC1. The molecule has 2 heterocycles. The van der Waals surface area contributed by atoms with Crippen LogP contribution >= 0.6 is 11.6 Å². The fraction of sp³-hybridized carbons (Fsp3) is 0.375. The monoisotopic (exact) mass is 588 g/mol. The van der Waals surface area contributed by atoms with E-state index in [2.05, 4.69) is 25.6 Å². The van der Waals surface area contributed by atoms with Crippen molar-refractivity contribution in [3.05, 3.63) is 64.9 Å². The van der Waals surface area contributed by atoms with Crippen LogP contribution in [-0.2, 0) is 16.4 Å². The quantitative estimate of drug-likeness (QED) is 0.325. The number of aryl methyl sites for hydroxylation is 1. The predicted octanol–water partition coefficient (Wildman–Crippen LogP) is 4.80. The van der Waals surface area contributed by atoms with Crippen molar-refractivity contribution in [2.24, 2.45) is 0 Å². The van der Waals surface area contributed by atoms with Crippen molar-refractivity contribution in [3.8, 4) is 6.01 Å². The van der Waals surface area contributed by atoms with E-state index in [1.165, 1.54) is 16.4 Å². The van der Waals surface area contributed by atoms with Gasteiger partial charge in [0.2, 0.25) is 21.9 Å². The molecule has 0 aliphatic carbocycles. The van der Waals surface area contributed by atoms with Crippen molar-refractivity contribution < 1.29 is 30.7 Å². The molecule has 0 bridgehead atoms. The third-order valence-electron chi connectivity index (χ3n) is 5.83. The summed E-state index contributed by atoms with van der Waals surface area (Å²) >= 11 is 5.79. The molecule has 210 valence electrons. The number of rotatable bonds is 10. The molecule has 1 aliphatic heterocycles. The molecule has 0 unspecified atom stereocenters. The fourth-order valence-electron chi connectivity index (χ4n) is 3.87. The van der Waals surface area contributed by atoms with Gasteiger partial charge in [-0.2, -0.15) is 28.1 Å². The molecule has 2 aromatic carbocycles. The van der Waals surface area contributed by atoms with Crippen LogP contribution < -0.4 is 15.4 Å². The molecule has 1 aromatic heterocycles. The van der Waals surface area contributed by atoms with Crippen molar-refractivity contribution in [1.29, 1.82) is 0 Å². The summed E-state index contributed by atoms with van der Waals surface area (Å²) in [6, 6.07) is 12.2. The molecule has 15 heteroatoms. The predicted molar refractivity (Wildman–Crippen MR) is 138 cm³/mol. The number of alkyl halides is 3. The first-order valence-electron chi connectivity index (χ1n) is 11.9. The molecule has 39 heavy (non-hydrogen) atoms. The lowest BCUT2D eigenvalue weighted by molar-refractivity contribution is -0.154. The minimum atomic E-state index is -4.61. The van der Waals surface area contributed by atoms with Gasteiger partial charge in [-0.1, -0.05) is 41.9 Å². The minimum absolute atomic E-state index is 0.00902. The summed E-state index contributed by atoms with van der Waals surface area (Å²) in [5.41, 5.74) is 1.22. The molecule has 1 fully saturated rings. The molecule has 3 aromatic rings. The van der Waals surface area contributed by atoms with E-state index in [4.69, 9.17) is 16.3 Å². The summed E-state index contributed by atoms with van der Waals surface area (Å²) < 4.78 is 83.3. The summed E-state index contributed by atoms with van der Waals surface area (Å²) in [6.07, 6.45) is -3.37. The van der Waals surface area contributed by atoms with Crippen molar-refractivity contribution in [1.82, 2.24) is 19.3 Å². The summed E-state index contributed by atoms with van der Waals surface area (Å²) in [5, 5.41) is 5.59. The van der Waals surface area contributed by atoms with Gasteiger partial charge in [-0.3, -0.25) is 0 Å². The molecule has 0 amide bonds. The molecule has 0 radical (unpaired) electrons. The maximum Gasteiger partial charge on any atom is 0.422 e. The molecule has 0 saturated carbocycles. The molecule has 0 spiro atoms. The number of piperidine rings is 1. The second-order valence-electron chi connectivity index (χ2n) is 8.79. The standard InChI is InChI=1S/C24H25ClF4N6O3S/c25-19-14-18(6-7-20(19)26)31-22-32-21(33-23(34-22)38-15-24(27,28)29)30-17-8-11-35(12-9-17)39(36,37)13-10-16-4-2-1-3-5-16/h1-7,14,17H,8-13,15H2,(H2,30,31,32,33,34). The largest absolute Gasteiger partial charge is 0.454 e. The molecule has 1 aliphatic rings. The number of hydrogen-bond donors (Lipinski definition) is 2. The summed E-state index contributed by atoms with van der Waals surface area (Å²) in [4.78, 5) is 11.9. The molecule has 9 nitrogen and oxygen atoms in total. The molecule has 4 rings (SSSR count). The zero-order valence-electron chi connectivity index (χ0n) is 20.5. The Morgan fingerprint density at radius 1 is 1.03 bits per heavy atom. The van der Waals surface area contributed by atoms with Gasteiger partial charge in [-0.15, -0.1) is 0 Å². The number of sulfonamides is 1. The van der Waals surface area contributed by atoms with E-state index >= 15 is 0 Å². The van der Waals surface area contributed by atoms with Gasteiger partial charge in [0.25, 0.3) is 0 Å². The Bertz CT molecular complexity index is 1370. The van der Waals surface area contributed by atoms with Crippen LogP contribution in [0.3, 0.4) is 0 Å². The highest BCUT2D eigenvalue weighted by atomic mass is 35.5. The van der Waals surface area contributed by atoms with Gasteiger partial charge in [0.05, 0.1) is 10.8 Å². The van der Waals surface area contributed by atoms with E-state index < -0.39 is 34.6 Å². The number of ether oxygens (including phenoxy) is 1. The summed E-state index contributed by atoms with van der Waals surface area (Å²) in [5.74, 6) is -0.885. The Morgan fingerprint density at radius 3 is 2.38 bits per heavy atom. The van der Waals surface area contributed by atoms with Gasteiger partial charge >= 0.3 is 12.2 Å². The highest BCUT2D eigenvalue weighted by Crippen LogP contribution is 2.25. The Balaban J connectivity index is 1.41. The molecular weight excluding hydrogens is 564 g/mol. The van der Waals surface area contributed by atoms with Gasteiger partial charge in [-0.25, -0.2) is 17.1 Å². The Morgan fingerprint density at radius 2 is 1.72 bits per heavy atom. The topological polar surface area (TPSA) is 109 Å². The van der Waals surface area contributed by atoms with Crippen LogP contribution in [0.1, 0.15) is 18.4 Å². The van der Waals surface area contributed by atoms with Crippen molar-refractivity contribution in [2.45, 2.75) is 31.5 Å². The maximum absolute atomic E-state index is 13.5. The zero-order valence-corrected chi connectivity index (χ0v) is 22.0. The molecule has 0 atom stereocenters. The van der Waals surface area contributed by atoms with Crippen molar-refractivity contribution in [3.63, 3.8) is 0 Å². The van der Waals surface area contributed by atoms with Crippen LogP contribution in [0.4, 0.5) is 35.1 Å². The average molecular weight is 589 g/mol. The first-order valence-corrected chi connectivity index (χ1v) is 13.9. The van der Waals surface area contributed by atoms with Crippen LogP contribution in [0, 0.1) is 5.82 Å². The third-order valence-corrected chi connectivity index (χ3v) is 7.99. The Kier molecular flexibility index (Phi) is 9.08. The van der Waals surface area contributed by atoms with Gasteiger partial charge in [0.15, 0.2) is 6.61 Å². The smallest absolute Gasteiger partial charge is 0.422 e. The number of nitrogens with one attached hydrogen (secondary N) is 2. The van der Waals surface area contributed by atoms with E-state index in [9.17, 15) is 26.0 Å². The third kappa shape index (κ3) is 8.63. The van der Waals surface area contributed by atoms with Crippen molar-refractivity contribution >= 4 is 39.2 Å².